The maximum Gasteiger partial charge on any atom is 0.203 e. The summed E-state index contributed by atoms with van der Waals surface area (Å²) in [6.45, 7) is 1.97. The molecule has 1 rings (SSSR count). The number of carbonyl (C=O) groups excluding carboxylic acids is 1. The molecule has 0 saturated carbocycles. The van der Waals surface area contributed by atoms with Gasteiger partial charge in [-0.15, -0.1) is 0 Å². The van der Waals surface area contributed by atoms with E-state index in [1.54, 1.807) is 0 Å². The van der Waals surface area contributed by atoms with Crippen molar-refractivity contribution in [3.63, 3.8) is 0 Å². The molecule has 4 heteroatoms. The third-order valence-electron chi connectivity index (χ3n) is 2.42. The standard InChI is InChI=1S/C14H18N2O2/c1-3-7-13(15)12(10-17)14(18-2)16-11-8-5-4-6-9-11/h4-6,8-10,15-16H,3,7H2,1-2H3/b14-12+,15-13?. The highest BCUT2D eigenvalue weighted by Crippen LogP contribution is 2.14. The van der Waals surface area contributed by atoms with E-state index in [0.29, 0.717) is 18.6 Å². The van der Waals surface area contributed by atoms with Crippen LogP contribution in [-0.2, 0) is 9.53 Å². The Hall–Kier alpha value is -2.10. The lowest BCUT2D eigenvalue weighted by molar-refractivity contribution is -0.104. The van der Waals surface area contributed by atoms with Gasteiger partial charge < -0.3 is 15.5 Å². The maximum atomic E-state index is 11.1. The number of rotatable bonds is 7. The Bertz CT molecular complexity index is 438. The van der Waals surface area contributed by atoms with E-state index in [2.05, 4.69) is 5.32 Å². The molecule has 0 aromatic heterocycles. The van der Waals surface area contributed by atoms with Crippen LogP contribution in [0.25, 0.3) is 0 Å². The molecule has 4 nitrogen and oxygen atoms in total. The molecule has 0 bridgehead atoms. The number of nitrogens with one attached hydrogen (secondary N) is 2. The van der Waals surface area contributed by atoms with Crippen LogP contribution in [0.5, 0.6) is 0 Å². The van der Waals surface area contributed by atoms with Crippen molar-refractivity contribution in [2.45, 2.75) is 19.8 Å². The highest BCUT2D eigenvalue weighted by molar-refractivity contribution is 6.13. The molecule has 0 aliphatic carbocycles. The Morgan fingerprint density at radius 1 is 1.39 bits per heavy atom. The van der Waals surface area contributed by atoms with Crippen molar-refractivity contribution in [1.82, 2.24) is 0 Å². The number of carbonyl (C=O) groups is 1. The second-order valence-electron chi connectivity index (χ2n) is 3.78. The molecule has 0 heterocycles. The first kappa shape index (κ1) is 14.0. The van der Waals surface area contributed by atoms with Crippen molar-refractivity contribution in [3.05, 3.63) is 41.8 Å². The van der Waals surface area contributed by atoms with E-state index in [0.717, 1.165) is 12.1 Å². The van der Waals surface area contributed by atoms with Crippen LogP contribution in [0.4, 0.5) is 5.69 Å². The van der Waals surface area contributed by atoms with E-state index in [1.807, 2.05) is 37.3 Å². The van der Waals surface area contributed by atoms with Gasteiger partial charge >= 0.3 is 0 Å². The highest BCUT2D eigenvalue weighted by Gasteiger charge is 2.12. The maximum absolute atomic E-state index is 11.1. The van der Waals surface area contributed by atoms with Crippen LogP contribution in [0.2, 0.25) is 0 Å². The van der Waals surface area contributed by atoms with Gasteiger partial charge in [0.05, 0.1) is 12.7 Å². The summed E-state index contributed by atoms with van der Waals surface area (Å²) in [6, 6.07) is 9.40. The molecular weight excluding hydrogens is 228 g/mol. The molecule has 0 radical (unpaired) electrons. The molecule has 0 aliphatic rings. The number of anilines is 1. The van der Waals surface area contributed by atoms with Gasteiger partial charge in [0.15, 0.2) is 6.29 Å². The van der Waals surface area contributed by atoms with Crippen LogP contribution < -0.4 is 5.32 Å². The minimum atomic E-state index is 0.267. The summed E-state index contributed by atoms with van der Waals surface area (Å²) in [6.07, 6.45) is 2.03. The van der Waals surface area contributed by atoms with Gasteiger partial charge in [0, 0.05) is 11.4 Å². The predicted octanol–water partition coefficient (Wildman–Crippen LogP) is 2.98. The summed E-state index contributed by atoms with van der Waals surface area (Å²) in [4.78, 5) is 11.1. The Kier molecular flexibility index (Phi) is 5.64. The molecule has 18 heavy (non-hydrogen) atoms. The van der Waals surface area contributed by atoms with E-state index < -0.39 is 0 Å². The second-order valence-corrected chi connectivity index (χ2v) is 3.78. The smallest absolute Gasteiger partial charge is 0.203 e. The van der Waals surface area contributed by atoms with E-state index in [1.165, 1.54) is 7.11 Å². The van der Waals surface area contributed by atoms with Crippen LogP contribution in [0.3, 0.4) is 0 Å². The number of methoxy groups -OCH3 is 1. The van der Waals surface area contributed by atoms with Crippen molar-refractivity contribution < 1.29 is 9.53 Å². The second kappa shape index (κ2) is 7.27. The Morgan fingerprint density at radius 3 is 2.56 bits per heavy atom. The van der Waals surface area contributed by atoms with E-state index in [-0.39, 0.29) is 11.3 Å². The first-order valence-corrected chi connectivity index (χ1v) is 5.86. The molecule has 0 aliphatic heterocycles. The lowest BCUT2D eigenvalue weighted by Gasteiger charge is -2.13. The van der Waals surface area contributed by atoms with Gasteiger partial charge in [-0.05, 0) is 18.6 Å². The number of ether oxygens (including phenoxy) is 1. The van der Waals surface area contributed by atoms with Crippen molar-refractivity contribution >= 4 is 17.7 Å². The topological polar surface area (TPSA) is 62.2 Å². The molecule has 0 atom stereocenters. The van der Waals surface area contributed by atoms with Crippen LogP contribution in [0.15, 0.2) is 41.8 Å². The molecule has 0 saturated heterocycles. The van der Waals surface area contributed by atoms with Gasteiger partial charge in [-0.3, -0.25) is 4.79 Å². The van der Waals surface area contributed by atoms with Crippen LogP contribution in [-0.4, -0.2) is 19.1 Å². The summed E-state index contributed by atoms with van der Waals surface area (Å²) >= 11 is 0. The fraction of sp³-hybridized carbons (Fsp3) is 0.286. The van der Waals surface area contributed by atoms with Crippen molar-refractivity contribution in [2.24, 2.45) is 0 Å². The molecule has 0 fully saturated rings. The van der Waals surface area contributed by atoms with Crippen LogP contribution in [0.1, 0.15) is 19.8 Å². The number of benzene rings is 1. The van der Waals surface area contributed by atoms with Crippen LogP contribution in [0, 0.1) is 5.41 Å². The summed E-state index contributed by atoms with van der Waals surface area (Å²) < 4.78 is 5.17. The third kappa shape index (κ3) is 3.73. The largest absolute Gasteiger partial charge is 0.482 e. The number of para-hydroxylation sites is 1. The van der Waals surface area contributed by atoms with Crippen molar-refractivity contribution in [1.29, 1.82) is 5.41 Å². The first-order valence-electron chi connectivity index (χ1n) is 5.86. The minimum Gasteiger partial charge on any atom is -0.482 e. The Labute approximate surface area is 107 Å². The fourth-order valence-electron chi connectivity index (χ4n) is 1.53. The van der Waals surface area contributed by atoms with Gasteiger partial charge in [-0.2, -0.15) is 0 Å². The molecule has 2 N–H and O–H groups in total. The fourth-order valence-corrected chi connectivity index (χ4v) is 1.53. The van der Waals surface area contributed by atoms with Gasteiger partial charge in [0.2, 0.25) is 5.88 Å². The predicted molar refractivity (Wildman–Crippen MR) is 72.8 cm³/mol. The average Bonchev–Trinajstić information content (AvgIpc) is 2.40. The molecule has 0 amide bonds. The monoisotopic (exact) mass is 246 g/mol. The van der Waals surface area contributed by atoms with E-state index in [9.17, 15) is 4.79 Å². The summed E-state index contributed by atoms with van der Waals surface area (Å²) in [5, 5.41) is 10.8. The normalized spacial score (nSPS) is 11.4. The summed E-state index contributed by atoms with van der Waals surface area (Å²) in [5.41, 5.74) is 1.37. The summed E-state index contributed by atoms with van der Waals surface area (Å²) in [7, 11) is 1.48. The number of hydrogen-bond acceptors (Lipinski definition) is 4. The molecule has 1 aromatic carbocycles. The summed E-state index contributed by atoms with van der Waals surface area (Å²) in [5.74, 6) is 0.314. The van der Waals surface area contributed by atoms with Crippen molar-refractivity contribution in [3.8, 4) is 0 Å². The lowest BCUT2D eigenvalue weighted by atomic mass is 10.1. The minimum absolute atomic E-state index is 0.267. The quantitative estimate of drug-likeness (QED) is 0.336. The zero-order valence-corrected chi connectivity index (χ0v) is 10.7. The lowest BCUT2D eigenvalue weighted by Crippen LogP contribution is -2.13. The molecule has 0 unspecified atom stereocenters. The zero-order valence-electron chi connectivity index (χ0n) is 10.7. The first-order chi connectivity index (χ1) is 8.72. The number of allylic oxidation sites excluding steroid dienone is 1. The third-order valence-corrected chi connectivity index (χ3v) is 2.42. The highest BCUT2D eigenvalue weighted by atomic mass is 16.5. The Morgan fingerprint density at radius 2 is 2.06 bits per heavy atom. The van der Waals surface area contributed by atoms with E-state index >= 15 is 0 Å². The van der Waals surface area contributed by atoms with Gasteiger partial charge in [-0.25, -0.2) is 0 Å². The van der Waals surface area contributed by atoms with Gasteiger partial charge in [0.25, 0.3) is 0 Å². The van der Waals surface area contributed by atoms with Crippen LogP contribution >= 0.6 is 0 Å². The SMILES string of the molecule is CCCC(=N)/C(C=O)=C(\Nc1ccccc1)OC. The van der Waals surface area contributed by atoms with E-state index in [4.69, 9.17) is 10.1 Å². The number of aldehydes is 1. The molecule has 1 aromatic rings. The molecular formula is C14H18N2O2. The molecule has 96 valence electrons. The Balaban J connectivity index is 2.97. The van der Waals surface area contributed by atoms with Gasteiger partial charge in [0.1, 0.15) is 0 Å². The van der Waals surface area contributed by atoms with Gasteiger partial charge in [-0.1, -0.05) is 31.5 Å². The number of hydrogen-bond donors (Lipinski definition) is 2. The average molecular weight is 246 g/mol. The zero-order chi connectivity index (χ0) is 13.4. The van der Waals surface area contributed by atoms with Crippen molar-refractivity contribution in [2.75, 3.05) is 12.4 Å². The molecule has 0 spiro atoms.